The third kappa shape index (κ3) is 2.27. The molecular formula is C7H7BrN2O2. The summed E-state index contributed by atoms with van der Waals surface area (Å²) in [5, 5.41) is 8.45. The van der Waals surface area contributed by atoms with Crippen LogP contribution in [0.2, 0.25) is 0 Å². The number of aromatic nitrogens is 2. The minimum atomic E-state index is -0.897. The Balaban J connectivity index is 2.89. The first-order valence-corrected chi connectivity index (χ1v) is 4.08. The maximum absolute atomic E-state index is 10.3. The molecule has 4 nitrogen and oxygen atoms in total. The van der Waals surface area contributed by atoms with E-state index in [0.717, 1.165) is 0 Å². The number of carboxylic acids is 1. The quantitative estimate of drug-likeness (QED) is 0.829. The average Bonchev–Trinajstić information content (AvgIpc) is 1.96. The lowest BCUT2D eigenvalue weighted by molar-refractivity contribution is -0.136. The number of aryl methyl sites for hydroxylation is 1. The molecule has 0 aliphatic carbocycles. The molecule has 5 heteroatoms. The molecular weight excluding hydrogens is 224 g/mol. The predicted octanol–water partition coefficient (Wildman–Crippen LogP) is 1.17. The Morgan fingerprint density at radius 1 is 1.75 bits per heavy atom. The Morgan fingerprint density at radius 2 is 2.42 bits per heavy atom. The van der Waals surface area contributed by atoms with Gasteiger partial charge in [0, 0.05) is 0 Å². The summed E-state index contributed by atoms with van der Waals surface area (Å²) >= 11 is 3.17. The Kier molecular flexibility index (Phi) is 2.75. The van der Waals surface area contributed by atoms with Gasteiger partial charge < -0.3 is 5.11 Å². The lowest BCUT2D eigenvalue weighted by Crippen LogP contribution is -2.04. The van der Waals surface area contributed by atoms with E-state index in [9.17, 15) is 4.79 Å². The molecule has 0 amide bonds. The van der Waals surface area contributed by atoms with E-state index in [4.69, 9.17) is 5.11 Å². The van der Waals surface area contributed by atoms with Crippen LogP contribution in [-0.2, 0) is 11.2 Å². The fourth-order valence-corrected chi connectivity index (χ4v) is 0.946. The van der Waals surface area contributed by atoms with Crippen LogP contribution in [0.4, 0.5) is 0 Å². The third-order valence-electron chi connectivity index (χ3n) is 1.27. The Hall–Kier alpha value is -0.970. The number of carboxylic acid groups (broad SMARTS) is 1. The fraction of sp³-hybridized carbons (Fsp3) is 0.286. The predicted molar refractivity (Wildman–Crippen MR) is 45.8 cm³/mol. The maximum atomic E-state index is 10.3. The van der Waals surface area contributed by atoms with E-state index >= 15 is 0 Å². The summed E-state index contributed by atoms with van der Waals surface area (Å²) < 4.78 is 0.650. The molecule has 0 saturated carbocycles. The summed E-state index contributed by atoms with van der Waals surface area (Å²) in [6.07, 6.45) is 1.37. The van der Waals surface area contributed by atoms with Gasteiger partial charge in [0.2, 0.25) is 0 Å². The van der Waals surface area contributed by atoms with Gasteiger partial charge in [0.25, 0.3) is 0 Å². The van der Waals surface area contributed by atoms with Crippen molar-refractivity contribution >= 4 is 21.9 Å². The summed E-state index contributed by atoms with van der Waals surface area (Å²) in [4.78, 5) is 18.2. The molecule has 0 aliphatic heterocycles. The Bertz CT molecular complexity index is 314. The zero-order valence-corrected chi connectivity index (χ0v) is 8.00. The van der Waals surface area contributed by atoms with E-state index in [0.29, 0.717) is 16.0 Å². The van der Waals surface area contributed by atoms with Crippen LogP contribution in [-0.4, -0.2) is 21.0 Å². The maximum Gasteiger partial charge on any atom is 0.309 e. The van der Waals surface area contributed by atoms with Crippen molar-refractivity contribution in [1.82, 2.24) is 9.97 Å². The summed E-state index contributed by atoms with van der Waals surface area (Å²) in [5.41, 5.74) is 1.18. The number of carbonyl (C=O) groups is 1. The first-order valence-electron chi connectivity index (χ1n) is 3.29. The molecule has 12 heavy (non-hydrogen) atoms. The normalized spacial score (nSPS) is 9.83. The van der Waals surface area contributed by atoms with Crippen LogP contribution < -0.4 is 0 Å². The average molecular weight is 231 g/mol. The highest BCUT2D eigenvalue weighted by molar-refractivity contribution is 9.10. The summed E-state index contributed by atoms with van der Waals surface area (Å²) in [6.45, 7) is 1.77. The number of rotatable bonds is 2. The fourth-order valence-electron chi connectivity index (χ4n) is 0.755. The Labute approximate surface area is 77.8 Å². The summed E-state index contributed by atoms with van der Waals surface area (Å²) in [7, 11) is 0. The van der Waals surface area contributed by atoms with E-state index in [2.05, 4.69) is 25.9 Å². The molecule has 1 rings (SSSR count). The molecule has 0 radical (unpaired) electrons. The number of nitrogens with zero attached hydrogens (tertiary/aromatic N) is 2. The molecule has 1 aromatic heterocycles. The van der Waals surface area contributed by atoms with Crippen molar-refractivity contribution in [1.29, 1.82) is 0 Å². The molecule has 0 aromatic carbocycles. The van der Waals surface area contributed by atoms with E-state index < -0.39 is 5.97 Å². The Morgan fingerprint density at radius 3 is 2.92 bits per heavy atom. The van der Waals surface area contributed by atoms with Crippen LogP contribution >= 0.6 is 15.9 Å². The number of hydrogen-bond acceptors (Lipinski definition) is 3. The van der Waals surface area contributed by atoms with E-state index in [-0.39, 0.29) is 6.42 Å². The highest BCUT2D eigenvalue weighted by atomic mass is 79.9. The van der Waals surface area contributed by atoms with Crippen LogP contribution in [0.3, 0.4) is 0 Å². The van der Waals surface area contributed by atoms with Crippen LogP contribution in [0.1, 0.15) is 11.4 Å². The largest absolute Gasteiger partial charge is 0.481 e. The lowest BCUT2D eigenvalue weighted by Gasteiger charge is -1.98. The zero-order chi connectivity index (χ0) is 9.14. The second-order valence-corrected chi connectivity index (χ2v) is 3.06. The number of halogens is 1. The molecule has 1 aromatic rings. The van der Waals surface area contributed by atoms with Crippen molar-refractivity contribution in [2.45, 2.75) is 13.3 Å². The monoisotopic (exact) mass is 230 g/mol. The van der Waals surface area contributed by atoms with Gasteiger partial charge in [0.05, 0.1) is 24.0 Å². The first-order chi connectivity index (χ1) is 5.59. The summed E-state index contributed by atoms with van der Waals surface area (Å²) in [6, 6.07) is 0. The zero-order valence-electron chi connectivity index (χ0n) is 6.41. The number of aliphatic carboxylic acids is 1. The SMILES string of the molecule is Cc1nc(CC(=O)O)cnc1Br. The van der Waals surface area contributed by atoms with E-state index in [1.807, 2.05) is 0 Å². The second kappa shape index (κ2) is 3.62. The molecule has 1 heterocycles. The second-order valence-electron chi connectivity index (χ2n) is 2.31. The third-order valence-corrected chi connectivity index (χ3v) is 2.05. The van der Waals surface area contributed by atoms with Crippen LogP contribution in [0.25, 0.3) is 0 Å². The standard InChI is InChI=1S/C7H7BrN2O2/c1-4-7(8)9-3-5(10-4)2-6(11)12/h3H,2H2,1H3,(H,11,12). The molecule has 0 bridgehead atoms. The van der Waals surface area contributed by atoms with Crippen molar-refractivity contribution in [3.05, 3.63) is 22.2 Å². The van der Waals surface area contributed by atoms with Crippen molar-refractivity contribution in [2.24, 2.45) is 0 Å². The lowest BCUT2D eigenvalue weighted by atomic mass is 10.3. The van der Waals surface area contributed by atoms with Gasteiger partial charge in [-0.15, -0.1) is 0 Å². The molecule has 1 N–H and O–H groups in total. The van der Waals surface area contributed by atoms with Crippen LogP contribution in [0.15, 0.2) is 10.8 Å². The topological polar surface area (TPSA) is 63.1 Å². The smallest absolute Gasteiger partial charge is 0.309 e. The highest BCUT2D eigenvalue weighted by Crippen LogP contribution is 2.09. The van der Waals surface area contributed by atoms with Crippen LogP contribution in [0.5, 0.6) is 0 Å². The van der Waals surface area contributed by atoms with Gasteiger partial charge in [0.15, 0.2) is 0 Å². The molecule has 0 fully saturated rings. The molecule has 0 atom stereocenters. The van der Waals surface area contributed by atoms with Crippen molar-refractivity contribution in [3.8, 4) is 0 Å². The molecule has 0 aliphatic rings. The molecule has 0 spiro atoms. The summed E-state index contributed by atoms with van der Waals surface area (Å²) in [5.74, 6) is -0.897. The first kappa shape index (κ1) is 9.12. The van der Waals surface area contributed by atoms with Gasteiger partial charge in [-0.2, -0.15) is 0 Å². The minimum absolute atomic E-state index is 0.0822. The van der Waals surface area contributed by atoms with E-state index in [1.54, 1.807) is 6.92 Å². The molecule has 0 saturated heterocycles. The molecule has 0 unspecified atom stereocenters. The van der Waals surface area contributed by atoms with E-state index in [1.165, 1.54) is 6.20 Å². The van der Waals surface area contributed by atoms with Gasteiger partial charge in [-0.05, 0) is 22.9 Å². The van der Waals surface area contributed by atoms with Gasteiger partial charge in [-0.1, -0.05) is 0 Å². The minimum Gasteiger partial charge on any atom is -0.481 e. The number of hydrogen-bond donors (Lipinski definition) is 1. The van der Waals surface area contributed by atoms with Crippen molar-refractivity contribution < 1.29 is 9.90 Å². The highest BCUT2D eigenvalue weighted by Gasteiger charge is 2.04. The van der Waals surface area contributed by atoms with Crippen molar-refractivity contribution in [2.75, 3.05) is 0 Å². The van der Waals surface area contributed by atoms with Gasteiger partial charge in [-0.25, -0.2) is 4.98 Å². The van der Waals surface area contributed by atoms with Crippen LogP contribution in [0, 0.1) is 6.92 Å². The van der Waals surface area contributed by atoms with Gasteiger partial charge in [-0.3, -0.25) is 9.78 Å². The van der Waals surface area contributed by atoms with Gasteiger partial charge >= 0.3 is 5.97 Å². The van der Waals surface area contributed by atoms with Crippen molar-refractivity contribution in [3.63, 3.8) is 0 Å². The molecule has 64 valence electrons. The van der Waals surface area contributed by atoms with Gasteiger partial charge in [0.1, 0.15) is 4.60 Å².